The molecule has 9 rings (SSSR count). The SMILES string of the molecule is O=c1c2ccccc2oc2cc3c(=O)c4c(N(c5cccc6ccccc56)c5cccc6ccccc56)cccc4oc3cc12. The van der Waals surface area contributed by atoms with E-state index >= 15 is 0 Å². The van der Waals surface area contributed by atoms with Crippen LogP contribution in [0.5, 0.6) is 0 Å². The molecule has 2 aromatic heterocycles. The van der Waals surface area contributed by atoms with Gasteiger partial charge in [0.25, 0.3) is 0 Å². The van der Waals surface area contributed by atoms with Gasteiger partial charge < -0.3 is 13.7 Å². The van der Waals surface area contributed by atoms with E-state index < -0.39 is 0 Å². The van der Waals surface area contributed by atoms with Crippen LogP contribution in [-0.4, -0.2) is 0 Å². The van der Waals surface area contributed by atoms with Crippen LogP contribution in [0, 0.1) is 0 Å². The Morgan fingerprint density at radius 3 is 1.51 bits per heavy atom. The summed E-state index contributed by atoms with van der Waals surface area (Å²) in [6, 6.07) is 45.0. The molecule has 0 fully saturated rings. The molecule has 0 N–H and O–H groups in total. The van der Waals surface area contributed by atoms with Gasteiger partial charge in [0.2, 0.25) is 10.9 Å². The van der Waals surface area contributed by atoms with Gasteiger partial charge in [0.1, 0.15) is 22.3 Å². The molecule has 0 unspecified atom stereocenters. The first-order chi connectivity index (χ1) is 22.2. The smallest absolute Gasteiger partial charge is 0.202 e. The van der Waals surface area contributed by atoms with Crippen LogP contribution in [-0.2, 0) is 0 Å². The Kier molecular flexibility index (Phi) is 5.43. The molecule has 0 aliphatic rings. The molecule has 0 amide bonds. The first-order valence-electron chi connectivity index (χ1n) is 14.8. The van der Waals surface area contributed by atoms with Crippen molar-refractivity contribution in [1.29, 1.82) is 0 Å². The zero-order chi connectivity index (χ0) is 30.1. The minimum Gasteiger partial charge on any atom is -0.456 e. The number of nitrogens with zero attached hydrogens (tertiary/aromatic N) is 1. The number of para-hydroxylation sites is 1. The van der Waals surface area contributed by atoms with Crippen LogP contribution in [0.25, 0.3) is 65.4 Å². The maximum absolute atomic E-state index is 14.6. The van der Waals surface area contributed by atoms with E-state index in [0.29, 0.717) is 49.6 Å². The lowest BCUT2D eigenvalue weighted by molar-refractivity contribution is 0.652. The third-order valence-electron chi connectivity index (χ3n) is 8.63. The molecule has 0 aliphatic heterocycles. The lowest BCUT2D eigenvalue weighted by Crippen LogP contribution is -2.15. The van der Waals surface area contributed by atoms with Gasteiger partial charge in [-0.05, 0) is 59.3 Å². The van der Waals surface area contributed by atoms with Crippen molar-refractivity contribution in [3.63, 3.8) is 0 Å². The number of anilines is 3. The van der Waals surface area contributed by atoms with E-state index in [-0.39, 0.29) is 10.9 Å². The molecule has 0 bridgehead atoms. The van der Waals surface area contributed by atoms with Crippen molar-refractivity contribution in [2.45, 2.75) is 0 Å². The van der Waals surface area contributed by atoms with Gasteiger partial charge in [0.15, 0.2) is 0 Å². The van der Waals surface area contributed by atoms with Gasteiger partial charge in [0.05, 0.1) is 38.6 Å². The van der Waals surface area contributed by atoms with E-state index in [1.54, 1.807) is 36.4 Å². The van der Waals surface area contributed by atoms with Crippen LogP contribution in [0.15, 0.2) is 158 Å². The number of fused-ring (bicyclic) bond motifs is 6. The lowest BCUT2D eigenvalue weighted by Gasteiger charge is -2.29. The van der Waals surface area contributed by atoms with E-state index in [9.17, 15) is 9.59 Å². The number of benzene rings is 7. The van der Waals surface area contributed by atoms with Crippen molar-refractivity contribution in [1.82, 2.24) is 0 Å². The van der Waals surface area contributed by atoms with Gasteiger partial charge in [-0.15, -0.1) is 0 Å². The highest BCUT2D eigenvalue weighted by Gasteiger charge is 2.23. The van der Waals surface area contributed by atoms with Crippen LogP contribution in [0.3, 0.4) is 0 Å². The van der Waals surface area contributed by atoms with Crippen LogP contribution >= 0.6 is 0 Å². The Bertz CT molecular complexity index is 2690. The molecular formula is C40H23NO4. The molecule has 5 nitrogen and oxygen atoms in total. The predicted molar refractivity (Wildman–Crippen MR) is 183 cm³/mol. The summed E-state index contributed by atoms with van der Waals surface area (Å²) in [6.45, 7) is 0. The van der Waals surface area contributed by atoms with Crippen LogP contribution in [0.4, 0.5) is 17.1 Å². The third kappa shape index (κ3) is 3.81. The van der Waals surface area contributed by atoms with Crippen molar-refractivity contribution in [2.75, 3.05) is 4.90 Å². The summed E-state index contributed by atoms with van der Waals surface area (Å²) in [5.74, 6) is 0. The summed E-state index contributed by atoms with van der Waals surface area (Å²) < 4.78 is 12.6. The maximum Gasteiger partial charge on any atom is 0.202 e. The Morgan fingerprint density at radius 2 is 0.844 bits per heavy atom. The molecule has 0 atom stereocenters. The van der Waals surface area contributed by atoms with Crippen LogP contribution in [0.2, 0.25) is 0 Å². The van der Waals surface area contributed by atoms with Crippen molar-refractivity contribution in [3.8, 4) is 0 Å². The summed E-state index contributed by atoms with van der Waals surface area (Å²) in [6.07, 6.45) is 0. The van der Waals surface area contributed by atoms with E-state index in [1.165, 1.54) is 0 Å². The summed E-state index contributed by atoms with van der Waals surface area (Å²) in [7, 11) is 0. The Hall–Kier alpha value is -6.20. The maximum atomic E-state index is 14.6. The fourth-order valence-corrected chi connectivity index (χ4v) is 6.56. The van der Waals surface area contributed by atoms with Crippen molar-refractivity contribution < 1.29 is 8.83 Å². The molecule has 5 heteroatoms. The molecule has 0 aliphatic carbocycles. The third-order valence-corrected chi connectivity index (χ3v) is 8.63. The average Bonchev–Trinajstić information content (AvgIpc) is 3.08. The van der Waals surface area contributed by atoms with E-state index in [2.05, 4.69) is 53.4 Å². The normalized spacial score (nSPS) is 11.7. The lowest BCUT2D eigenvalue weighted by atomic mass is 10.0. The minimum atomic E-state index is -0.204. The topological polar surface area (TPSA) is 63.7 Å². The first kappa shape index (κ1) is 25.3. The van der Waals surface area contributed by atoms with Gasteiger partial charge in [0, 0.05) is 10.8 Å². The Balaban J connectivity index is 1.40. The highest BCUT2D eigenvalue weighted by molar-refractivity contribution is 6.10. The largest absolute Gasteiger partial charge is 0.456 e. The van der Waals surface area contributed by atoms with Gasteiger partial charge in [-0.2, -0.15) is 0 Å². The quantitative estimate of drug-likeness (QED) is 0.194. The highest BCUT2D eigenvalue weighted by atomic mass is 16.3. The molecule has 45 heavy (non-hydrogen) atoms. The molecule has 0 spiro atoms. The van der Waals surface area contributed by atoms with Crippen molar-refractivity contribution in [2.24, 2.45) is 0 Å². The molecule has 7 aromatic carbocycles. The Morgan fingerprint density at radius 1 is 0.378 bits per heavy atom. The Labute approximate surface area is 255 Å². The fourth-order valence-electron chi connectivity index (χ4n) is 6.56. The number of rotatable bonds is 3. The molecule has 212 valence electrons. The molecular weight excluding hydrogens is 558 g/mol. The van der Waals surface area contributed by atoms with Gasteiger partial charge in [-0.3, -0.25) is 9.59 Å². The van der Waals surface area contributed by atoms with Gasteiger partial charge in [-0.25, -0.2) is 0 Å². The van der Waals surface area contributed by atoms with Crippen LogP contribution < -0.4 is 15.8 Å². The molecule has 0 radical (unpaired) electrons. The van der Waals surface area contributed by atoms with E-state index in [0.717, 1.165) is 32.9 Å². The fraction of sp³-hybridized carbons (Fsp3) is 0. The zero-order valence-corrected chi connectivity index (χ0v) is 23.9. The minimum absolute atomic E-state index is 0.164. The van der Waals surface area contributed by atoms with E-state index in [1.807, 2.05) is 54.6 Å². The second-order valence-corrected chi connectivity index (χ2v) is 11.2. The standard InChI is InChI=1S/C40H23NO4/c42-39-28-16-5-6-20-34(28)44-36-23-30-37(22-29(36)39)45-35-21-9-19-33(38(35)40(30)43)41(31-17-7-12-24-10-1-3-14-26(24)31)32-18-8-13-25-11-2-4-15-27(25)32/h1-23H. The zero-order valence-electron chi connectivity index (χ0n) is 23.9. The number of hydrogen-bond donors (Lipinski definition) is 0. The predicted octanol–water partition coefficient (Wildman–Crippen LogP) is 9.98. The monoisotopic (exact) mass is 581 g/mol. The summed E-state index contributed by atoms with van der Waals surface area (Å²) in [4.78, 5) is 30.1. The van der Waals surface area contributed by atoms with Crippen LogP contribution in [0.1, 0.15) is 0 Å². The highest BCUT2D eigenvalue weighted by Crippen LogP contribution is 2.44. The molecule has 2 heterocycles. The molecule has 9 aromatic rings. The molecule has 0 saturated carbocycles. The average molecular weight is 582 g/mol. The van der Waals surface area contributed by atoms with Gasteiger partial charge in [-0.1, -0.05) is 91.0 Å². The second-order valence-electron chi connectivity index (χ2n) is 11.2. The molecule has 0 saturated heterocycles. The summed E-state index contributed by atoms with van der Waals surface area (Å²) in [5.41, 5.74) is 3.78. The van der Waals surface area contributed by atoms with E-state index in [4.69, 9.17) is 8.83 Å². The number of hydrogen-bond acceptors (Lipinski definition) is 5. The van der Waals surface area contributed by atoms with Crippen molar-refractivity contribution in [3.05, 3.63) is 160 Å². The van der Waals surface area contributed by atoms with Gasteiger partial charge >= 0.3 is 0 Å². The first-order valence-corrected chi connectivity index (χ1v) is 14.8. The summed E-state index contributed by atoms with van der Waals surface area (Å²) >= 11 is 0. The van der Waals surface area contributed by atoms with Crippen molar-refractivity contribution >= 4 is 82.5 Å². The second kappa shape index (κ2) is 9.66. The summed E-state index contributed by atoms with van der Waals surface area (Å²) in [5, 5.41) is 5.91.